The van der Waals surface area contributed by atoms with Crippen LogP contribution >= 0.6 is 35.3 Å². The van der Waals surface area contributed by atoms with Crippen LogP contribution in [0, 0.1) is 0 Å². The first-order chi connectivity index (χ1) is 5.76. The zero-order valence-corrected chi connectivity index (χ0v) is 10.4. The molecular weight excluding hydrogens is 208 g/mol. The van der Waals surface area contributed by atoms with E-state index in [0.29, 0.717) is 4.58 Å². The lowest BCUT2D eigenvalue weighted by molar-refractivity contribution is 0.281. The molecule has 1 N–H and O–H groups in total. The third-order valence-corrected chi connectivity index (χ3v) is 5.18. The zero-order chi connectivity index (χ0) is 9.40. The van der Waals surface area contributed by atoms with E-state index in [1.54, 1.807) is 11.8 Å². The predicted molar refractivity (Wildman–Crippen MR) is 64.2 cm³/mol. The van der Waals surface area contributed by atoms with Gasteiger partial charge in [-0.05, 0) is 17.3 Å². The van der Waals surface area contributed by atoms with Gasteiger partial charge in [-0.2, -0.15) is 0 Å². The number of hydrogen-bond donors (Lipinski definition) is 1. The fourth-order valence-electron chi connectivity index (χ4n) is 0.791. The lowest BCUT2D eigenvalue weighted by Gasteiger charge is -2.19. The Labute approximate surface area is 88.5 Å². The summed E-state index contributed by atoms with van der Waals surface area (Å²) in [5.74, 6) is 3.16. The van der Waals surface area contributed by atoms with E-state index in [2.05, 4.69) is 20.8 Å². The molecule has 0 fully saturated rings. The van der Waals surface area contributed by atoms with Crippen LogP contribution in [0.1, 0.15) is 20.8 Å². The van der Waals surface area contributed by atoms with Gasteiger partial charge in [0.1, 0.15) is 5.44 Å². The lowest BCUT2D eigenvalue weighted by atomic mass is 10.8. The second-order valence-electron chi connectivity index (χ2n) is 2.12. The van der Waals surface area contributed by atoms with E-state index >= 15 is 0 Å². The van der Waals surface area contributed by atoms with E-state index in [9.17, 15) is 5.11 Å². The summed E-state index contributed by atoms with van der Waals surface area (Å²) in [6, 6.07) is 0. The van der Waals surface area contributed by atoms with Gasteiger partial charge < -0.3 is 5.11 Å². The van der Waals surface area contributed by atoms with Crippen molar-refractivity contribution in [2.45, 2.75) is 30.8 Å². The van der Waals surface area contributed by atoms with Gasteiger partial charge in [-0.25, -0.2) is 0 Å². The van der Waals surface area contributed by atoms with Crippen LogP contribution in [0.3, 0.4) is 0 Å². The summed E-state index contributed by atoms with van der Waals surface area (Å²) in [6.45, 7) is 6.35. The molecule has 0 saturated heterocycles. The summed E-state index contributed by atoms with van der Waals surface area (Å²) in [6.07, 6.45) is 0. The van der Waals surface area contributed by atoms with Crippen molar-refractivity contribution < 1.29 is 5.11 Å². The Bertz CT molecular complexity index is 94.3. The van der Waals surface area contributed by atoms with Gasteiger partial charge >= 0.3 is 0 Å². The van der Waals surface area contributed by atoms with Crippen LogP contribution in [-0.4, -0.2) is 32.4 Å². The van der Waals surface area contributed by atoms with E-state index in [1.807, 2.05) is 23.5 Å². The fraction of sp³-hybridized carbons (Fsp3) is 1.00. The first-order valence-electron chi connectivity index (χ1n) is 4.29. The number of aliphatic hydroxyl groups excluding tert-OH is 1. The second-order valence-corrected chi connectivity index (χ2v) is 6.65. The van der Waals surface area contributed by atoms with Gasteiger partial charge in [0, 0.05) is 0 Å². The second kappa shape index (κ2) is 8.60. The molecule has 4 heteroatoms. The highest BCUT2D eigenvalue weighted by molar-refractivity contribution is 8.18. The topological polar surface area (TPSA) is 20.2 Å². The van der Waals surface area contributed by atoms with E-state index in [4.69, 9.17) is 0 Å². The number of aliphatic hydroxyl groups is 1. The lowest BCUT2D eigenvalue weighted by Crippen LogP contribution is -2.17. The van der Waals surface area contributed by atoms with Crippen molar-refractivity contribution in [2.75, 3.05) is 17.3 Å². The molecule has 1 atom stereocenters. The van der Waals surface area contributed by atoms with Crippen LogP contribution in [0.2, 0.25) is 0 Å². The highest BCUT2D eigenvalue weighted by Crippen LogP contribution is 2.31. The number of rotatable bonds is 7. The Balaban J connectivity index is 3.72. The molecule has 1 unspecified atom stereocenters. The molecule has 12 heavy (non-hydrogen) atoms. The van der Waals surface area contributed by atoms with Crippen LogP contribution < -0.4 is 0 Å². The van der Waals surface area contributed by atoms with E-state index in [-0.39, 0.29) is 5.44 Å². The van der Waals surface area contributed by atoms with Gasteiger partial charge in [-0.3, -0.25) is 0 Å². The molecule has 0 aromatic carbocycles. The third-order valence-electron chi connectivity index (χ3n) is 1.23. The molecule has 0 aliphatic heterocycles. The zero-order valence-electron chi connectivity index (χ0n) is 7.95. The Kier molecular flexibility index (Phi) is 9.33. The summed E-state index contributed by atoms with van der Waals surface area (Å²) >= 11 is 5.32. The van der Waals surface area contributed by atoms with E-state index < -0.39 is 0 Å². The molecule has 0 aliphatic rings. The molecule has 1 nitrogen and oxygen atoms in total. The van der Waals surface area contributed by atoms with Crippen molar-refractivity contribution in [3.05, 3.63) is 0 Å². The molecule has 0 spiro atoms. The summed E-state index contributed by atoms with van der Waals surface area (Å²) in [7, 11) is 0. The van der Waals surface area contributed by atoms with Gasteiger partial charge in [0.25, 0.3) is 0 Å². The summed E-state index contributed by atoms with van der Waals surface area (Å²) < 4.78 is 0.352. The largest absolute Gasteiger partial charge is 0.380 e. The van der Waals surface area contributed by atoms with Crippen LogP contribution in [0.15, 0.2) is 0 Å². The van der Waals surface area contributed by atoms with Crippen LogP contribution in [-0.2, 0) is 0 Å². The van der Waals surface area contributed by atoms with Gasteiger partial charge in [0.05, 0.1) is 4.58 Å². The monoisotopic (exact) mass is 226 g/mol. The standard InChI is InChI=1S/C8H18OS3/c1-4-10-7(9)8(11-5-2)12-6-3/h7-9H,4-6H2,1-3H3. The minimum absolute atomic E-state index is 0.204. The maximum absolute atomic E-state index is 9.69. The predicted octanol–water partition coefficient (Wildman–Crippen LogP) is 2.89. The highest BCUT2D eigenvalue weighted by atomic mass is 32.2. The Hall–Kier alpha value is 1.01. The molecule has 0 bridgehead atoms. The molecule has 0 aromatic heterocycles. The van der Waals surface area contributed by atoms with Gasteiger partial charge in [-0.1, -0.05) is 20.8 Å². The first-order valence-corrected chi connectivity index (χ1v) is 7.43. The number of thioether (sulfide) groups is 3. The van der Waals surface area contributed by atoms with Crippen molar-refractivity contribution >= 4 is 35.3 Å². The molecule has 0 heterocycles. The molecule has 0 radical (unpaired) electrons. The quantitative estimate of drug-likeness (QED) is 0.673. The molecule has 74 valence electrons. The molecule has 0 aliphatic carbocycles. The van der Waals surface area contributed by atoms with Crippen LogP contribution in [0.4, 0.5) is 0 Å². The maximum Gasteiger partial charge on any atom is 0.120 e. The van der Waals surface area contributed by atoms with Gasteiger partial charge in [0.2, 0.25) is 0 Å². The van der Waals surface area contributed by atoms with E-state index in [0.717, 1.165) is 17.3 Å². The first kappa shape index (κ1) is 13.0. The Morgan fingerprint density at radius 2 is 1.33 bits per heavy atom. The number of hydrogen-bond acceptors (Lipinski definition) is 4. The normalized spacial score (nSPS) is 13.8. The maximum atomic E-state index is 9.69. The SMILES string of the molecule is CCSC(O)C(SCC)SCC. The van der Waals surface area contributed by atoms with Gasteiger partial charge in [0.15, 0.2) is 0 Å². The third kappa shape index (κ3) is 5.62. The van der Waals surface area contributed by atoms with Crippen molar-refractivity contribution in [1.82, 2.24) is 0 Å². The smallest absolute Gasteiger partial charge is 0.120 e. The molecule has 0 aromatic rings. The molecule has 0 amide bonds. The van der Waals surface area contributed by atoms with Crippen molar-refractivity contribution in [3.8, 4) is 0 Å². The molecule has 0 saturated carbocycles. The van der Waals surface area contributed by atoms with Crippen LogP contribution in [0.25, 0.3) is 0 Å². The average molecular weight is 226 g/mol. The van der Waals surface area contributed by atoms with Crippen molar-refractivity contribution in [2.24, 2.45) is 0 Å². The van der Waals surface area contributed by atoms with E-state index in [1.165, 1.54) is 0 Å². The van der Waals surface area contributed by atoms with Crippen molar-refractivity contribution in [3.63, 3.8) is 0 Å². The molecule has 0 rings (SSSR count). The summed E-state index contributed by atoms with van der Waals surface area (Å²) in [4.78, 5) is 0. The summed E-state index contributed by atoms with van der Waals surface area (Å²) in [5.41, 5.74) is -0.204. The average Bonchev–Trinajstić information content (AvgIpc) is 2.04. The van der Waals surface area contributed by atoms with Crippen molar-refractivity contribution in [1.29, 1.82) is 0 Å². The highest BCUT2D eigenvalue weighted by Gasteiger charge is 2.17. The Morgan fingerprint density at radius 1 is 0.917 bits per heavy atom. The Morgan fingerprint density at radius 3 is 1.67 bits per heavy atom. The van der Waals surface area contributed by atoms with Gasteiger partial charge in [-0.15, -0.1) is 35.3 Å². The minimum Gasteiger partial charge on any atom is -0.380 e. The molecular formula is C8H18OS3. The minimum atomic E-state index is -0.204. The van der Waals surface area contributed by atoms with Crippen LogP contribution in [0.5, 0.6) is 0 Å². The summed E-state index contributed by atoms with van der Waals surface area (Å²) in [5, 5.41) is 9.69. The fourth-order valence-corrected chi connectivity index (χ4v) is 4.42.